The van der Waals surface area contributed by atoms with Crippen molar-refractivity contribution in [2.24, 2.45) is 0 Å². The summed E-state index contributed by atoms with van der Waals surface area (Å²) in [5.74, 6) is 0. The minimum absolute atomic E-state index is 0.0943. The van der Waals surface area contributed by atoms with Crippen LogP contribution < -0.4 is 5.56 Å². The van der Waals surface area contributed by atoms with Crippen LogP contribution in [0.5, 0.6) is 0 Å². The van der Waals surface area contributed by atoms with Gasteiger partial charge in [0.2, 0.25) is 0 Å². The highest BCUT2D eigenvalue weighted by Crippen LogP contribution is 2.10. The second-order valence-electron chi connectivity index (χ2n) is 3.44. The second kappa shape index (κ2) is 6.12. The van der Waals surface area contributed by atoms with Crippen molar-refractivity contribution in [2.45, 2.75) is 13.5 Å². The van der Waals surface area contributed by atoms with Gasteiger partial charge in [-0.15, -0.1) is 0 Å². The maximum atomic E-state index is 11.7. The molecule has 0 fully saturated rings. The minimum Gasteiger partial charge on any atom is -0.394 e. The zero-order valence-electron chi connectivity index (χ0n) is 9.46. The number of hydrogen-bond acceptors (Lipinski definition) is 5. The number of aromatic nitrogens is 1. The molecule has 1 aromatic heterocycles. The normalized spacial score (nSPS) is 10.5. The van der Waals surface area contributed by atoms with Crippen LogP contribution in [0.15, 0.2) is 17.1 Å². The molecule has 1 heterocycles. The maximum absolute atomic E-state index is 11.7. The summed E-state index contributed by atoms with van der Waals surface area (Å²) >= 11 is 0. The Morgan fingerprint density at radius 3 is 2.82 bits per heavy atom. The van der Waals surface area contributed by atoms with Crippen LogP contribution in [0.1, 0.15) is 5.56 Å². The molecule has 0 aliphatic rings. The molecule has 0 unspecified atom stereocenters. The molecule has 0 amide bonds. The van der Waals surface area contributed by atoms with Crippen molar-refractivity contribution in [3.63, 3.8) is 0 Å². The molecule has 7 heteroatoms. The Labute approximate surface area is 97.4 Å². The number of pyridine rings is 1. The molecule has 0 aliphatic carbocycles. The lowest BCUT2D eigenvalue weighted by Crippen LogP contribution is -2.25. The van der Waals surface area contributed by atoms with E-state index in [-0.39, 0.29) is 26.4 Å². The summed E-state index contributed by atoms with van der Waals surface area (Å²) in [6.45, 7) is 2.05. The zero-order valence-corrected chi connectivity index (χ0v) is 9.46. The number of nitro groups is 1. The lowest BCUT2D eigenvalue weighted by Gasteiger charge is -2.06. The van der Waals surface area contributed by atoms with Crippen LogP contribution in [0.2, 0.25) is 0 Å². The molecular formula is C10H14N2O5. The Hall–Kier alpha value is -1.73. The number of aliphatic hydroxyl groups is 1. The van der Waals surface area contributed by atoms with E-state index in [1.54, 1.807) is 0 Å². The van der Waals surface area contributed by atoms with Crippen LogP contribution in [-0.2, 0) is 11.3 Å². The van der Waals surface area contributed by atoms with Gasteiger partial charge in [0.25, 0.3) is 0 Å². The van der Waals surface area contributed by atoms with Crippen molar-refractivity contribution in [2.75, 3.05) is 19.8 Å². The van der Waals surface area contributed by atoms with Gasteiger partial charge >= 0.3 is 11.2 Å². The molecule has 94 valence electrons. The van der Waals surface area contributed by atoms with Crippen molar-refractivity contribution >= 4 is 5.69 Å². The monoisotopic (exact) mass is 242 g/mol. The molecule has 0 spiro atoms. The van der Waals surface area contributed by atoms with Gasteiger partial charge in [0.15, 0.2) is 0 Å². The molecule has 0 aromatic carbocycles. The standard InChI is InChI=1S/C10H14N2O5/c1-8-2-3-11(4-6-17-7-5-13)10(14)9(8)12(15)16/h2-3,13H,4-7H2,1H3. The molecule has 0 aliphatic heterocycles. The van der Waals surface area contributed by atoms with Gasteiger partial charge in [0, 0.05) is 18.3 Å². The van der Waals surface area contributed by atoms with Gasteiger partial charge in [0.05, 0.1) is 24.7 Å². The highest BCUT2D eigenvalue weighted by Gasteiger charge is 2.17. The Kier molecular flexibility index (Phi) is 4.80. The summed E-state index contributed by atoms with van der Waals surface area (Å²) < 4.78 is 6.22. The van der Waals surface area contributed by atoms with E-state index in [9.17, 15) is 14.9 Å². The molecule has 17 heavy (non-hydrogen) atoms. The van der Waals surface area contributed by atoms with Crippen molar-refractivity contribution in [3.8, 4) is 0 Å². The molecule has 0 saturated carbocycles. The third-order valence-electron chi connectivity index (χ3n) is 2.24. The van der Waals surface area contributed by atoms with Gasteiger partial charge < -0.3 is 14.4 Å². The lowest BCUT2D eigenvalue weighted by molar-refractivity contribution is -0.387. The van der Waals surface area contributed by atoms with Crippen LogP contribution in [-0.4, -0.2) is 34.4 Å². The Bertz CT molecular complexity index is 454. The second-order valence-corrected chi connectivity index (χ2v) is 3.44. The van der Waals surface area contributed by atoms with Crippen molar-refractivity contribution in [1.29, 1.82) is 0 Å². The third-order valence-corrected chi connectivity index (χ3v) is 2.24. The summed E-state index contributed by atoms with van der Waals surface area (Å²) in [7, 11) is 0. The molecule has 0 saturated heterocycles. The van der Waals surface area contributed by atoms with Crippen LogP contribution >= 0.6 is 0 Å². The zero-order chi connectivity index (χ0) is 12.8. The largest absolute Gasteiger partial charge is 0.394 e. The average molecular weight is 242 g/mol. The summed E-state index contributed by atoms with van der Waals surface area (Å²) in [5, 5.41) is 19.2. The van der Waals surface area contributed by atoms with E-state index in [4.69, 9.17) is 9.84 Å². The summed E-state index contributed by atoms with van der Waals surface area (Å²) in [6, 6.07) is 1.52. The molecule has 1 N–H and O–H groups in total. The summed E-state index contributed by atoms with van der Waals surface area (Å²) in [5.41, 5.74) is -0.704. The van der Waals surface area contributed by atoms with E-state index in [0.29, 0.717) is 5.56 Å². The maximum Gasteiger partial charge on any atom is 0.336 e. The number of aliphatic hydroxyl groups excluding tert-OH is 1. The number of hydrogen-bond donors (Lipinski definition) is 1. The number of nitrogens with zero attached hydrogens (tertiary/aromatic N) is 2. The molecule has 1 aromatic rings. The fraction of sp³-hybridized carbons (Fsp3) is 0.500. The Morgan fingerprint density at radius 2 is 2.24 bits per heavy atom. The number of rotatable bonds is 6. The summed E-state index contributed by atoms with van der Waals surface area (Å²) in [6.07, 6.45) is 1.49. The Morgan fingerprint density at radius 1 is 1.53 bits per heavy atom. The molecule has 0 radical (unpaired) electrons. The Balaban J connectivity index is 2.84. The number of ether oxygens (including phenoxy) is 1. The van der Waals surface area contributed by atoms with Gasteiger partial charge in [-0.05, 0) is 13.0 Å². The lowest BCUT2D eigenvalue weighted by atomic mass is 10.2. The van der Waals surface area contributed by atoms with E-state index in [0.717, 1.165) is 0 Å². The van der Waals surface area contributed by atoms with E-state index in [1.807, 2.05) is 0 Å². The first-order chi connectivity index (χ1) is 8.07. The predicted octanol–water partition coefficient (Wildman–Crippen LogP) is 0.0738. The summed E-state index contributed by atoms with van der Waals surface area (Å²) in [4.78, 5) is 21.7. The van der Waals surface area contributed by atoms with Crippen LogP contribution in [0.25, 0.3) is 0 Å². The van der Waals surface area contributed by atoms with Crippen LogP contribution in [0.4, 0.5) is 5.69 Å². The fourth-order valence-electron chi connectivity index (χ4n) is 1.38. The van der Waals surface area contributed by atoms with Crippen LogP contribution in [0.3, 0.4) is 0 Å². The highest BCUT2D eigenvalue weighted by molar-refractivity contribution is 5.35. The third kappa shape index (κ3) is 3.36. The van der Waals surface area contributed by atoms with Gasteiger partial charge in [-0.2, -0.15) is 0 Å². The molecule has 0 bridgehead atoms. The SMILES string of the molecule is Cc1ccn(CCOCCO)c(=O)c1[N+](=O)[O-]. The van der Waals surface area contributed by atoms with Gasteiger partial charge in [0.1, 0.15) is 0 Å². The van der Waals surface area contributed by atoms with Gasteiger partial charge in [-0.25, -0.2) is 0 Å². The topological polar surface area (TPSA) is 94.6 Å². The smallest absolute Gasteiger partial charge is 0.336 e. The van der Waals surface area contributed by atoms with Crippen LogP contribution in [0, 0.1) is 17.0 Å². The minimum atomic E-state index is -0.678. The fourth-order valence-corrected chi connectivity index (χ4v) is 1.38. The first-order valence-electron chi connectivity index (χ1n) is 5.11. The molecule has 7 nitrogen and oxygen atoms in total. The first-order valence-corrected chi connectivity index (χ1v) is 5.11. The molecule has 1 rings (SSSR count). The number of aryl methyl sites for hydroxylation is 1. The van der Waals surface area contributed by atoms with Crippen molar-refractivity contribution in [1.82, 2.24) is 4.57 Å². The predicted molar refractivity (Wildman–Crippen MR) is 60.0 cm³/mol. The first kappa shape index (κ1) is 13.3. The average Bonchev–Trinajstić information content (AvgIpc) is 2.26. The van der Waals surface area contributed by atoms with Crippen molar-refractivity contribution in [3.05, 3.63) is 38.3 Å². The van der Waals surface area contributed by atoms with Gasteiger partial charge in [-0.3, -0.25) is 14.9 Å². The van der Waals surface area contributed by atoms with E-state index in [2.05, 4.69) is 0 Å². The molecular weight excluding hydrogens is 228 g/mol. The van der Waals surface area contributed by atoms with E-state index < -0.39 is 16.2 Å². The van der Waals surface area contributed by atoms with E-state index in [1.165, 1.54) is 23.8 Å². The quantitative estimate of drug-likeness (QED) is 0.433. The van der Waals surface area contributed by atoms with Gasteiger partial charge in [-0.1, -0.05) is 0 Å². The van der Waals surface area contributed by atoms with E-state index >= 15 is 0 Å². The van der Waals surface area contributed by atoms with Crippen molar-refractivity contribution < 1.29 is 14.8 Å². The highest BCUT2D eigenvalue weighted by atomic mass is 16.6. The molecule has 0 atom stereocenters.